The van der Waals surface area contributed by atoms with Crippen LogP contribution in [0.1, 0.15) is 26.1 Å². The first-order chi connectivity index (χ1) is 14.3. The highest BCUT2D eigenvalue weighted by atomic mass is 32.2. The molecule has 0 aliphatic carbocycles. The summed E-state index contributed by atoms with van der Waals surface area (Å²) in [7, 11) is -3.60. The third kappa shape index (κ3) is 5.25. The van der Waals surface area contributed by atoms with E-state index >= 15 is 0 Å². The highest BCUT2D eigenvalue weighted by Crippen LogP contribution is 2.23. The fourth-order valence-electron chi connectivity index (χ4n) is 3.19. The van der Waals surface area contributed by atoms with Gasteiger partial charge >= 0.3 is 0 Å². The molecule has 1 saturated heterocycles. The molecule has 2 aromatic rings. The second-order valence-corrected chi connectivity index (χ2v) is 8.99. The standard InChI is InChI=1S/C20H27N5O4S/c1-4-13-29-20-14-19(21-15(2)22-20)24-9-11-25(12-10-24)30(27,28)18-7-5-17(6-8-18)23-16(3)26/h5-8,14H,4,9-13H2,1-3H3,(H,23,26). The van der Waals surface area contributed by atoms with Crippen LogP contribution in [0.15, 0.2) is 35.2 Å². The highest BCUT2D eigenvalue weighted by Gasteiger charge is 2.29. The molecule has 0 bridgehead atoms. The summed E-state index contributed by atoms with van der Waals surface area (Å²) in [6.45, 7) is 7.58. The number of aryl methyl sites for hydroxylation is 1. The summed E-state index contributed by atoms with van der Waals surface area (Å²) < 4.78 is 33.0. The zero-order valence-electron chi connectivity index (χ0n) is 17.5. The number of rotatable bonds is 7. The van der Waals surface area contributed by atoms with Crippen molar-refractivity contribution in [2.75, 3.05) is 43.0 Å². The van der Waals surface area contributed by atoms with Crippen molar-refractivity contribution in [1.82, 2.24) is 14.3 Å². The Morgan fingerprint density at radius 1 is 1.13 bits per heavy atom. The fraction of sp³-hybridized carbons (Fsp3) is 0.450. The van der Waals surface area contributed by atoms with Crippen LogP contribution in [-0.2, 0) is 14.8 Å². The van der Waals surface area contributed by atoms with Crippen molar-refractivity contribution in [2.24, 2.45) is 0 Å². The maximum atomic E-state index is 13.0. The molecule has 0 atom stereocenters. The van der Waals surface area contributed by atoms with E-state index < -0.39 is 10.0 Å². The van der Waals surface area contributed by atoms with E-state index in [1.807, 2.05) is 18.7 Å². The molecule has 1 aromatic carbocycles. The van der Waals surface area contributed by atoms with Crippen molar-refractivity contribution in [3.63, 3.8) is 0 Å². The molecule has 30 heavy (non-hydrogen) atoms. The number of hydrogen-bond donors (Lipinski definition) is 1. The van der Waals surface area contributed by atoms with Gasteiger partial charge in [0, 0.05) is 44.9 Å². The molecular weight excluding hydrogens is 406 g/mol. The lowest BCUT2D eigenvalue weighted by atomic mass is 10.3. The van der Waals surface area contributed by atoms with Crippen LogP contribution in [0, 0.1) is 6.92 Å². The maximum Gasteiger partial charge on any atom is 0.243 e. The SMILES string of the molecule is CCCOc1cc(N2CCN(S(=O)(=O)c3ccc(NC(C)=O)cc3)CC2)nc(C)n1. The topological polar surface area (TPSA) is 105 Å². The summed E-state index contributed by atoms with van der Waals surface area (Å²) in [5.74, 6) is 1.69. The van der Waals surface area contributed by atoms with Gasteiger partial charge in [0.25, 0.3) is 0 Å². The first kappa shape index (κ1) is 22.0. The van der Waals surface area contributed by atoms with Crippen LogP contribution in [0.25, 0.3) is 0 Å². The zero-order chi connectivity index (χ0) is 21.7. The van der Waals surface area contributed by atoms with Gasteiger partial charge in [0.1, 0.15) is 11.6 Å². The monoisotopic (exact) mass is 433 g/mol. The van der Waals surface area contributed by atoms with Gasteiger partial charge in [0.05, 0.1) is 11.5 Å². The average Bonchev–Trinajstić information content (AvgIpc) is 2.72. The van der Waals surface area contributed by atoms with Gasteiger partial charge in [0.2, 0.25) is 21.8 Å². The molecule has 9 nitrogen and oxygen atoms in total. The molecular formula is C20H27N5O4S. The van der Waals surface area contributed by atoms with Gasteiger partial charge in [0.15, 0.2) is 0 Å². The number of carbonyl (C=O) groups is 1. The number of amides is 1. The summed E-state index contributed by atoms with van der Waals surface area (Å²) in [5.41, 5.74) is 0.562. The highest BCUT2D eigenvalue weighted by molar-refractivity contribution is 7.89. The van der Waals surface area contributed by atoms with Crippen molar-refractivity contribution in [3.8, 4) is 5.88 Å². The Balaban J connectivity index is 1.67. The second-order valence-electron chi connectivity index (χ2n) is 7.06. The van der Waals surface area contributed by atoms with E-state index in [4.69, 9.17) is 4.74 Å². The quantitative estimate of drug-likeness (QED) is 0.712. The Morgan fingerprint density at radius 2 is 1.80 bits per heavy atom. The Hall–Kier alpha value is -2.72. The van der Waals surface area contributed by atoms with Crippen molar-refractivity contribution >= 4 is 27.4 Å². The van der Waals surface area contributed by atoms with Crippen LogP contribution in [0.2, 0.25) is 0 Å². The van der Waals surface area contributed by atoms with Crippen molar-refractivity contribution < 1.29 is 17.9 Å². The van der Waals surface area contributed by atoms with Crippen molar-refractivity contribution in [2.45, 2.75) is 32.1 Å². The van der Waals surface area contributed by atoms with E-state index in [0.29, 0.717) is 50.2 Å². The molecule has 0 spiro atoms. The number of sulfonamides is 1. The number of ether oxygens (including phenoxy) is 1. The van der Waals surface area contributed by atoms with E-state index in [0.717, 1.165) is 12.2 Å². The van der Waals surface area contributed by atoms with E-state index in [1.165, 1.54) is 23.4 Å². The number of anilines is 2. The lowest BCUT2D eigenvalue weighted by Gasteiger charge is -2.34. The molecule has 2 heterocycles. The summed E-state index contributed by atoms with van der Waals surface area (Å²) >= 11 is 0. The molecule has 162 valence electrons. The van der Waals surface area contributed by atoms with Crippen LogP contribution in [-0.4, -0.2) is 61.4 Å². The minimum Gasteiger partial charge on any atom is -0.478 e. The smallest absolute Gasteiger partial charge is 0.243 e. The number of carbonyl (C=O) groups excluding carboxylic acids is 1. The van der Waals surface area contributed by atoms with Crippen LogP contribution < -0.4 is 15.0 Å². The molecule has 10 heteroatoms. The van der Waals surface area contributed by atoms with Crippen LogP contribution >= 0.6 is 0 Å². The lowest BCUT2D eigenvalue weighted by Crippen LogP contribution is -2.49. The molecule has 1 N–H and O–H groups in total. The van der Waals surface area contributed by atoms with E-state index in [-0.39, 0.29) is 10.8 Å². The zero-order valence-corrected chi connectivity index (χ0v) is 18.3. The Labute approximate surface area is 177 Å². The number of hydrogen-bond acceptors (Lipinski definition) is 7. The third-order valence-electron chi connectivity index (χ3n) is 4.63. The van der Waals surface area contributed by atoms with Gasteiger partial charge in [-0.05, 0) is 37.6 Å². The molecule has 1 fully saturated rings. The van der Waals surface area contributed by atoms with Gasteiger partial charge in [-0.15, -0.1) is 0 Å². The summed E-state index contributed by atoms with van der Waals surface area (Å²) in [6.07, 6.45) is 0.890. The normalized spacial score (nSPS) is 15.1. The van der Waals surface area contributed by atoms with Crippen LogP contribution in [0.3, 0.4) is 0 Å². The minimum absolute atomic E-state index is 0.204. The third-order valence-corrected chi connectivity index (χ3v) is 6.54. The first-order valence-corrected chi connectivity index (χ1v) is 11.3. The van der Waals surface area contributed by atoms with Crippen LogP contribution in [0.4, 0.5) is 11.5 Å². The molecule has 0 unspecified atom stereocenters. The van der Waals surface area contributed by atoms with Gasteiger partial charge in [-0.3, -0.25) is 4.79 Å². The molecule has 1 aromatic heterocycles. The second kappa shape index (κ2) is 9.40. The number of piperazine rings is 1. The Bertz CT molecular complexity index is 987. The molecule has 0 saturated carbocycles. The van der Waals surface area contributed by atoms with Crippen molar-refractivity contribution in [1.29, 1.82) is 0 Å². The summed E-state index contributed by atoms with van der Waals surface area (Å²) in [6, 6.07) is 8.00. The number of nitrogens with zero attached hydrogens (tertiary/aromatic N) is 4. The van der Waals surface area contributed by atoms with E-state index in [9.17, 15) is 13.2 Å². The van der Waals surface area contributed by atoms with Crippen LogP contribution in [0.5, 0.6) is 5.88 Å². The minimum atomic E-state index is -3.60. The first-order valence-electron chi connectivity index (χ1n) is 9.91. The number of nitrogens with one attached hydrogen (secondary N) is 1. The summed E-state index contributed by atoms with van der Waals surface area (Å²) in [5, 5.41) is 2.63. The van der Waals surface area contributed by atoms with Gasteiger partial charge in [-0.1, -0.05) is 6.92 Å². The molecule has 1 aliphatic rings. The largest absolute Gasteiger partial charge is 0.478 e. The van der Waals surface area contributed by atoms with Gasteiger partial charge in [-0.2, -0.15) is 9.29 Å². The predicted octanol–water partition coefficient (Wildman–Crippen LogP) is 2.04. The van der Waals surface area contributed by atoms with Crippen molar-refractivity contribution in [3.05, 3.63) is 36.2 Å². The predicted molar refractivity (Wildman–Crippen MR) is 114 cm³/mol. The maximum absolute atomic E-state index is 13.0. The lowest BCUT2D eigenvalue weighted by molar-refractivity contribution is -0.114. The molecule has 1 amide bonds. The van der Waals surface area contributed by atoms with E-state index in [2.05, 4.69) is 15.3 Å². The van der Waals surface area contributed by atoms with Gasteiger partial charge in [-0.25, -0.2) is 13.4 Å². The Morgan fingerprint density at radius 3 is 2.40 bits per heavy atom. The fourth-order valence-corrected chi connectivity index (χ4v) is 4.61. The Kier molecular flexibility index (Phi) is 6.88. The van der Waals surface area contributed by atoms with E-state index in [1.54, 1.807) is 18.2 Å². The molecule has 3 rings (SSSR count). The molecule has 0 radical (unpaired) electrons. The summed E-state index contributed by atoms with van der Waals surface area (Å²) in [4.78, 5) is 22.1. The van der Waals surface area contributed by atoms with Gasteiger partial charge < -0.3 is 15.0 Å². The average molecular weight is 434 g/mol. The molecule has 1 aliphatic heterocycles. The number of aromatic nitrogens is 2. The number of benzene rings is 1.